The van der Waals surface area contributed by atoms with Crippen LogP contribution in [-0.4, -0.2) is 52.3 Å². The summed E-state index contributed by atoms with van der Waals surface area (Å²) in [4.78, 5) is 11.9. The standard InChI is InChI=1S/C14H20N6O3/c1-3-22-13(23-4-2)9-15-14(21)17-11-5-7-12(8-6-11)20-10-16-18-19-20/h5-8,10,13H,3-4,9H2,1-2H3,(H2,15,17,21). The third-order valence-corrected chi connectivity index (χ3v) is 2.87. The van der Waals surface area contributed by atoms with E-state index < -0.39 is 6.29 Å². The number of hydrogen-bond donors (Lipinski definition) is 2. The van der Waals surface area contributed by atoms with Gasteiger partial charge in [-0.05, 0) is 48.5 Å². The molecule has 0 radical (unpaired) electrons. The van der Waals surface area contributed by atoms with Gasteiger partial charge >= 0.3 is 6.03 Å². The Morgan fingerprint density at radius 2 is 1.91 bits per heavy atom. The molecule has 0 fully saturated rings. The molecule has 2 rings (SSSR count). The van der Waals surface area contributed by atoms with Crippen LogP contribution >= 0.6 is 0 Å². The van der Waals surface area contributed by atoms with Crippen LogP contribution in [0.3, 0.4) is 0 Å². The van der Waals surface area contributed by atoms with Gasteiger partial charge in [-0.2, -0.15) is 0 Å². The number of carbonyl (C=O) groups is 1. The lowest BCUT2D eigenvalue weighted by atomic mass is 10.3. The van der Waals surface area contributed by atoms with Gasteiger partial charge in [-0.1, -0.05) is 0 Å². The van der Waals surface area contributed by atoms with E-state index in [0.717, 1.165) is 5.69 Å². The summed E-state index contributed by atoms with van der Waals surface area (Å²) in [6.07, 6.45) is 1.05. The van der Waals surface area contributed by atoms with E-state index in [1.807, 2.05) is 13.8 Å². The van der Waals surface area contributed by atoms with E-state index in [1.54, 1.807) is 24.3 Å². The lowest BCUT2D eigenvalue weighted by Crippen LogP contribution is -2.37. The highest BCUT2D eigenvalue weighted by atomic mass is 16.7. The zero-order valence-electron chi connectivity index (χ0n) is 13.1. The van der Waals surface area contributed by atoms with Crippen LogP contribution in [-0.2, 0) is 9.47 Å². The van der Waals surface area contributed by atoms with Gasteiger partial charge in [0, 0.05) is 18.9 Å². The zero-order valence-corrected chi connectivity index (χ0v) is 13.1. The number of benzene rings is 1. The van der Waals surface area contributed by atoms with Gasteiger partial charge < -0.3 is 20.1 Å². The summed E-state index contributed by atoms with van der Waals surface area (Å²) in [6, 6.07) is 6.80. The average molecular weight is 320 g/mol. The fourth-order valence-corrected chi connectivity index (χ4v) is 1.87. The minimum atomic E-state index is -0.446. The molecule has 2 amide bonds. The van der Waals surface area contributed by atoms with E-state index in [-0.39, 0.29) is 12.6 Å². The Morgan fingerprint density at radius 1 is 1.22 bits per heavy atom. The van der Waals surface area contributed by atoms with Crippen LogP contribution in [0.15, 0.2) is 30.6 Å². The maximum absolute atomic E-state index is 11.9. The molecule has 0 atom stereocenters. The minimum Gasteiger partial charge on any atom is -0.351 e. The molecule has 0 saturated carbocycles. The van der Waals surface area contributed by atoms with Crippen molar-refractivity contribution in [2.24, 2.45) is 0 Å². The number of aromatic nitrogens is 4. The SMILES string of the molecule is CCOC(CNC(=O)Nc1ccc(-n2cnnn2)cc1)OCC. The molecule has 2 N–H and O–H groups in total. The van der Waals surface area contributed by atoms with Crippen LogP contribution in [0.5, 0.6) is 0 Å². The fraction of sp³-hybridized carbons (Fsp3) is 0.429. The Hall–Kier alpha value is -2.52. The molecule has 2 aromatic rings. The molecule has 124 valence electrons. The number of urea groups is 1. The van der Waals surface area contributed by atoms with Crippen molar-refractivity contribution < 1.29 is 14.3 Å². The smallest absolute Gasteiger partial charge is 0.319 e. The number of carbonyl (C=O) groups excluding carboxylic acids is 1. The second kappa shape index (κ2) is 8.81. The van der Waals surface area contributed by atoms with Gasteiger partial charge in [-0.25, -0.2) is 9.48 Å². The molecule has 0 spiro atoms. The van der Waals surface area contributed by atoms with Crippen molar-refractivity contribution in [2.45, 2.75) is 20.1 Å². The van der Waals surface area contributed by atoms with Crippen molar-refractivity contribution in [3.8, 4) is 5.69 Å². The first-order valence-electron chi connectivity index (χ1n) is 7.34. The van der Waals surface area contributed by atoms with Crippen LogP contribution in [0.1, 0.15) is 13.8 Å². The number of ether oxygens (including phenoxy) is 2. The number of nitrogens with zero attached hydrogens (tertiary/aromatic N) is 4. The Morgan fingerprint density at radius 3 is 2.48 bits per heavy atom. The van der Waals surface area contributed by atoms with Gasteiger partial charge in [0.05, 0.1) is 12.2 Å². The summed E-state index contributed by atoms with van der Waals surface area (Å²) in [7, 11) is 0. The first-order valence-corrected chi connectivity index (χ1v) is 7.34. The van der Waals surface area contributed by atoms with Gasteiger partial charge in [-0.3, -0.25) is 0 Å². The van der Waals surface area contributed by atoms with Crippen molar-refractivity contribution in [1.29, 1.82) is 0 Å². The molecule has 0 saturated heterocycles. The molecular weight excluding hydrogens is 300 g/mol. The molecule has 0 bridgehead atoms. The molecule has 1 aromatic carbocycles. The Kier molecular flexibility index (Phi) is 6.45. The number of nitrogens with one attached hydrogen (secondary N) is 2. The van der Waals surface area contributed by atoms with Crippen molar-refractivity contribution in [3.05, 3.63) is 30.6 Å². The fourth-order valence-electron chi connectivity index (χ4n) is 1.87. The van der Waals surface area contributed by atoms with Gasteiger partial charge in [0.1, 0.15) is 6.33 Å². The molecule has 9 nitrogen and oxygen atoms in total. The van der Waals surface area contributed by atoms with Crippen LogP contribution in [0.4, 0.5) is 10.5 Å². The van der Waals surface area contributed by atoms with Crippen molar-refractivity contribution >= 4 is 11.7 Å². The highest BCUT2D eigenvalue weighted by molar-refractivity contribution is 5.89. The van der Waals surface area contributed by atoms with Gasteiger partial charge in [0.15, 0.2) is 6.29 Å². The monoisotopic (exact) mass is 320 g/mol. The Bertz CT molecular complexity index is 581. The summed E-state index contributed by atoms with van der Waals surface area (Å²) in [5.41, 5.74) is 1.46. The quantitative estimate of drug-likeness (QED) is 0.708. The van der Waals surface area contributed by atoms with E-state index in [4.69, 9.17) is 9.47 Å². The number of tetrazole rings is 1. The molecule has 1 heterocycles. The first-order chi connectivity index (χ1) is 11.2. The van der Waals surface area contributed by atoms with E-state index in [1.165, 1.54) is 11.0 Å². The molecule has 1 aromatic heterocycles. The third-order valence-electron chi connectivity index (χ3n) is 2.87. The van der Waals surface area contributed by atoms with Crippen molar-refractivity contribution in [1.82, 2.24) is 25.5 Å². The topological polar surface area (TPSA) is 103 Å². The second-order valence-electron chi connectivity index (χ2n) is 4.48. The van der Waals surface area contributed by atoms with E-state index in [2.05, 4.69) is 26.2 Å². The van der Waals surface area contributed by atoms with Gasteiger partial charge in [0.25, 0.3) is 0 Å². The molecular formula is C14H20N6O3. The van der Waals surface area contributed by atoms with Crippen LogP contribution in [0.25, 0.3) is 5.69 Å². The van der Waals surface area contributed by atoms with Crippen molar-refractivity contribution in [2.75, 3.05) is 25.1 Å². The second-order valence-corrected chi connectivity index (χ2v) is 4.48. The molecule has 0 aliphatic heterocycles. The summed E-state index contributed by atoms with van der Waals surface area (Å²) in [5, 5.41) is 16.4. The predicted octanol–water partition coefficient (Wildman–Crippen LogP) is 1.18. The lowest BCUT2D eigenvalue weighted by molar-refractivity contribution is -0.131. The average Bonchev–Trinajstić information content (AvgIpc) is 3.08. The normalized spacial score (nSPS) is 10.7. The summed E-state index contributed by atoms with van der Waals surface area (Å²) in [6.45, 7) is 5.06. The first kappa shape index (κ1) is 16.8. The number of amides is 2. The summed E-state index contributed by atoms with van der Waals surface area (Å²) < 4.78 is 12.2. The maximum atomic E-state index is 11.9. The predicted molar refractivity (Wildman–Crippen MR) is 83.2 cm³/mol. The molecule has 23 heavy (non-hydrogen) atoms. The van der Waals surface area contributed by atoms with Crippen LogP contribution in [0, 0.1) is 0 Å². The maximum Gasteiger partial charge on any atom is 0.319 e. The number of rotatable bonds is 8. The zero-order chi connectivity index (χ0) is 16.5. The van der Waals surface area contributed by atoms with Crippen LogP contribution < -0.4 is 10.6 Å². The van der Waals surface area contributed by atoms with Crippen molar-refractivity contribution in [3.63, 3.8) is 0 Å². The number of hydrogen-bond acceptors (Lipinski definition) is 6. The molecule has 0 aliphatic carbocycles. The Balaban J connectivity index is 1.83. The highest BCUT2D eigenvalue weighted by Gasteiger charge is 2.10. The van der Waals surface area contributed by atoms with E-state index >= 15 is 0 Å². The summed E-state index contributed by atoms with van der Waals surface area (Å²) in [5.74, 6) is 0. The van der Waals surface area contributed by atoms with E-state index in [0.29, 0.717) is 18.9 Å². The van der Waals surface area contributed by atoms with Crippen LogP contribution in [0.2, 0.25) is 0 Å². The molecule has 0 unspecified atom stereocenters. The molecule has 0 aliphatic rings. The van der Waals surface area contributed by atoms with Gasteiger partial charge in [0.2, 0.25) is 0 Å². The molecule has 9 heteroatoms. The Labute approximate surface area is 134 Å². The lowest BCUT2D eigenvalue weighted by Gasteiger charge is -2.17. The third kappa shape index (κ3) is 5.31. The summed E-state index contributed by atoms with van der Waals surface area (Å²) >= 11 is 0. The van der Waals surface area contributed by atoms with E-state index in [9.17, 15) is 4.79 Å². The largest absolute Gasteiger partial charge is 0.351 e. The number of anilines is 1. The van der Waals surface area contributed by atoms with Gasteiger partial charge in [-0.15, -0.1) is 5.10 Å². The highest BCUT2D eigenvalue weighted by Crippen LogP contribution is 2.11. The minimum absolute atomic E-state index is 0.274.